The fraction of sp³-hybridized carbons (Fsp3) is 0.409. The van der Waals surface area contributed by atoms with Crippen molar-refractivity contribution in [3.63, 3.8) is 0 Å². The van der Waals surface area contributed by atoms with Crippen molar-refractivity contribution in [2.45, 2.75) is 32.3 Å². The van der Waals surface area contributed by atoms with E-state index in [1.807, 2.05) is 54.6 Å². The lowest BCUT2D eigenvalue weighted by Gasteiger charge is -2.15. The molecule has 0 unspecified atom stereocenters. The molecule has 4 nitrogen and oxygen atoms in total. The average Bonchev–Trinajstić information content (AvgIpc) is 3.19. The monoisotopic (exact) mass is 353 g/mol. The van der Waals surface area contributed by atoms with Crippen LogP contribution in [0.3, 0.4) is 0 Å². The predicted octanol–water partition coefficient (Wildman–Crippen LogP) is 3.84. The van der Waals surface area contributed by atoms with Gasteiger partial charge in [0.15, 0.2) is 0 Å². The van der Waals surface area contributed by atoms with E-state index < -0.39 is 0 Å². The number of esters is 1. The molecule has 26 heavy (non-hydrogen) atoms. The van der Waals surface area contributed by atoms with Gasteiger partial charge >= 0.3 is 5.97 Å². The minimum absolute atomic E-state index is 0.231. The Kier molecular flexibility index (Phi) is 7.08. The number of hydrogen-bond acceptors (Lipinski definition) is 4. The third-order valence-corrected chi connectivity index (χ3v) is 4.62. The molecule has 138 valence electrons. The summed E-state index contributed by atoms with van der Waals surface area (Å²) in [4.78, 5) is 14.6. The van der Waals surface area contributed by atoms with Gasteiger partial charge in [-0.1, -0.05) is 48.5 Å². The molecule has 0 amide bonds. The summed E-state index contributed by atoms with van der Waals surface area (Å²) >= 11 is 0. The molecular weight excluding hydrogens is 326 g/mol. The van der Waals surface area contributed by atoms with Crippen molar-refractivity contribution in [1.82, 2.24) is 4.90 Å². The number of rotatable bonds is 9. The summed E-state index contributed by atoms with van der Waals surface area (Å²) in [6, 6.07) is 17.4. The third-order valence-electron chi connectivity index (χ3n) is 4.62. The Morgan fingerprint density at radius 3 is 2.50 bits per heavy atom. The molecule has 2 aromatic carbocycles. The van der Waals surface area contributed by atoms with E-state index in [9.17, 15) is 4.79 Å². The van der Waals surface area contributed by atoms with Crippen molar-refractivity contribution >= 4 is 5.97 Å². The maximum Gasteiger partial charge on any atom is 0.310 e. The number of benzene rings is 2. The molecule has 0 bridgehead atoms. The lowest BCUT2D eigenvalue weighted by atomic mass is 10.1. The topological polar surface area (TPSA) is 38.8 Å². The molecule has 1 heterocycles. The predicted molar refractivity (Wildman–Crippen MR) is 102 cm³/mol. The van der Waals surface area contributed by atoms with Crippen molar-refractivity contribution < 1.29 is 14.3 Å². The molecule has 0 aliphatic carbocycles. The smallest absolute Gasteiger partial charge is 0.310 e. The van der Waals surface area contributed by atoms with Crippen molar-refractivity contribution in [3.05, 3.63) is 65.7 Å². The maximum absolute atomic E-state index is 12.2. The number of nitrogens with zero attached hydrogens (tertiary/aromatic N) is 1. The molecule has 0 atom stereocenters. The van der Waals surface area contributed by atoms with E-state index in [1.54, 1.807) is 0 Å². The van der Waals surface area contributed by atoms with Gasteiger partial charge in [-0.3, -0.25) is 4.79 Å². The number of carbonyl (C=O) groups excluding carboxylic acids is 1. The Morgan fingerprint density at radius 1 is 0.962 bits per heavy atom. The highest BCUT2D eigenvalue weighted by atomic mass is 16.5. The van der Waals surface area contributed by atoms with Gasteiger partial charge in [-0.05, 0) is 44.0 Å². The first-order valence-corrected chi connectivity index (χ1v) is 9.44. The molecular formula is C22H27NO3. The summed E-state index contributed by atoms with van der Waals surface area (Å²) in [6.07, 6.45) is 3.87. The summed E-state index contributed by atoms with van der Waals surface area (Å²) in [6.45, 7) is 4.49. The summed E-state index contributed by atoms with van der Waals surface area (Å²) in [5, 5.41) is 0. The van der Waals surface area contributed by atoms with Crippen LogP contribution in [0.1, 0.15) is 30.4 Å². The fourth-order valence-corrected chi connectivity index (χ4v) is 3.21. The molecule has 4 heteroatoms. The van der Waals surface area contributed by atoms with Gasteiger partial charge in [-0.25, -0.2) is 0 Å². The molecule has 1 aliphatic heterocycles. The molecule has 0 spiro atoms. The number of ether oxygens (including phenoxy) is 2. The van der Waals surface area contributed by atoms with E-state index in [2.05, 4.69) is 4.90 Å². The van der Waals surface area contributed by atoms with E-state index in [0.29, 0.717) is 13.2 Å². The van der Waals surface area contributed by atoms with Crippen LogP contribution in [0.4, 0.5) is 0 Å². The molecule has 0 aromatic heterocycles. The van der Waals surface area contributed by atoms with Gasteiger partial charge in [0, 0.05) is 12.1 Å². The Bertz CT molecular complexity index is 681. The van der Waals surface area contributed by atoms with Gasteiger partial charge in [0.05, 0.1) is 13.0 Å². The Hall–Kier alpha value is -2.33. The van der Waals surface area contributed by atoms with Gasteiger partial charge < -0.3 is 14.4 Å². The van der Waals surface area contributed by atoms with Crippen LogP contribution < -0.4 is 4.74 Å². The van der Waals surface area contributed by atoms with Crippen LogP contribution in [0.25, 0.3) is 0 Å². The lowest BCUT2D eigenvalue weighted by Crippen LogP contribution is -2.22. The largest absolute Gasteiger partial charge is 0.493 e. The highest BCUT2D eigenvalue weighted by molar-refractivity contribution is 5.73. The summed E-state index contributed by atoms with van der Waals surface area (Å²) in [5.41, 5.74) is 1.87. The van der Waals surface area contributed by atoms with E-state index in [0.717, 1.165) is 29.8 Å². The molecule has 0 saturated carbocycles. The van der Waals surface area contributed by atoms with Gasteiger partial charge in [0.25, 0.3) is 0 Å². The van der Waals surface area contributed by atoms with Crippen LogP contribution in [-0.4, -0.2) is 37.1 Å². The quantitative estimate of drug-likeness (QED) is 0.507. The zero-order valence-corrected chi connectivity index (χ0v) is 15.2. The van der Waals surface area contributed by atoms with Crippen LogP contribution in [0, 0.1) is 0 Å². The highest BCUT2D eigenvalue weighted by Crippen LogP contribution is 2.19. The first-order valence-electron chi connectivity index (χ1n) is 9.44. The third kappa shape index (κ3) is 5.88. The standard InChI is InChI=1S/C22H27NO3/c24-22(26-18-19-9-2-1-3-10-19)17-20-11-4-5-12-21(20)25-16-8-15-23-13-6-7-14-23/h1-5,9-12H,6-8,13-18H2. The van der Waals surface area contributed by atoms with Crippen molar-refractivity contribution in [3.8, 4) is 5.75 Å². The maximum atomic E-state index is 12.2. The Labute approximate surface area is 155 Å². The molecule has 1 aliphatic rings. The molecule has 2 aromatic rings. The number of carbonyl (C=O) groups is 1. The van der Waals surface area contributed by atoms with Gasteiger partial charge in [0.2, 0.25) is 0 Å². The first-order chi connectivity index (χ1) is 12.8. The zero-order valence-electron chi connectivity index (χ0n) is 15.2. The molecule has 0 radical (unpaired) electrons. The first kappa shape index (κ1) is 18.5. The van der Waals surface area contributed by atoms with Crippen LogP contribution >= 0.6 is 0 Å². The summed E-state index contributed by atoms with van der Waals surface area (Å²) in [7, 11) is 0. The van der Waals surface area contributed by atoms with E-state index in [1.165, 1.54) is 25.9 Å². The Balaban J connectivity index is 1.44. The van der Waals surface area contributed by atoms with Gasteiger partial charge in [-0.2, -0.15) is 0 Å². The van der Waals surface area contributed by atoms with Crippen molar-refractivity contribution in [2.75, 3.05) is 26.2 Å². The van der Waals surface area contributed by atoms with Gasteiger partial charge in [0.1, 0.15) is 12.4 Å². The summed E-state index contributed by atoms with van der Waals surface area (Å²) < 4.78 is 11.3. The second-order valence-corrected chi connectivity index (χ2v) is 6.68. The second kappa shape index (κ2) is 9.97. The molecule has 1 saturated heterocycles. The minimum atomic E-state index is -0.234. The summed E-state index contributed by atoms with van der Waals surface area (Å²) in [5.74, 6) is 0.549. The van der Waals surface area contributed by atoms with Crippen LogP contribution in [0.5, 0.6) is 5.75 Å². The second-order valence-electron chi connectivity index (χ2n) is 6.68. The average molecular weight is 353 g/mol. The molecule has 1 fully saturated rings. The zero-order chi connectivity index (χ0) is 18.0. The highest BCUT2D eigenvalue weighted by Gasteiger charge is 2.12. The lowest BCUT2D eigenvalue weighted by molar-refractivity contribution is -0.144. The van der Waals surface area contributed by atoms with Crippen LogP contribution in [0.15, 0.2) is 54.6 Å². The molecule has 0 N–H and O–H groups in total. The normalized spacial score (nSPS) is 14.3. The van der Waals surface area contributed by atoms with Gasteiger partial charge in [-0.15, -0.1) is 0 Å². The number of hydrogen-bond donors (Lipinski definition) is 0. The van der Waals surface area contributed by atoms with Crippen molar-refractivity contribution in [1.29, 1.82) is 0 Å². The Morgan fingerprint density at radius 2 is 1.69 bits per heavy atom. The van der Waals surface area contributed by atoms with Crippen LogP contribution in [0.2, 0.25) is 0 Å². The fourth-order valence-electron chi connectivity index (χ4n) is 3.21. The van der Waals surface area contributed by atoms with Crippen LogP contribution in [-0.2, 0) is 22.6 Å². The molecule has 3 rings (SSSR count). The SMILES string of the molecule is O=C(Cc1ccccc1OCCCN1CCCC1)OCc1ccccc1. The van der Waals surface area contributed by atoms with E-state index in [-0.39, 0.29) is 12.4 Å². The number of likely N-dealkylation sites (tertiary alicyclic amines) is 1. The van der Waals surface area contributed by atoms with Crippen molar-refractivity contribution in [2.24, 2.45) is 0 Å². The van der Waals surface area contributed by atoms with E-state index >= 15 is 0 Å². The number of para-hydroxylation sites is 1. The minimum Gasteiger partial charge on any atom is -0.493 e. The van der Waals surface area contributed by atoms with E-state index in [4.69, 9.17) is 9.47 Å².